The molecule has 0 bridgehead atoms. The van der Waals surface area contributed by atoms with E-state index in [1.807, 2.05) is 20.8 Å². The Bertz CT molecular complexity index is 246. The maximum Gasteiger partial charge on any atom is 0.285 e. The van der Waals surface area contributed by atoms with Gasteiger partial charge in [0.25, 0.3) is 7.37 Å². The molecule has 1 rings (SSSR count). The Kier molecular flexibility index (Phi) is 6.67. The van der Waals surface area contributed by atoms with Crippen LogP contribution in [0.2, 0.25) is 0 Å². The van der Waals surface area contributed by atoms with Crippen LogP contribution in [0, 0.1) is 0 Å². The first-order valence-electron chi connectivity index (χ1n) is 6.27. The van der Waals surface area contributed by atoms with E-state index in [-0.39, 0.29) is 5.85 Å². The number of hydrogen-bond donors (Lipinski definition) is 0. The Morgan fingerprint density at radius 1 is 1.24 bits per heavy atom. The highest BCUT2D eigenvalue weighted by molar-refractivity contribution is 7.59. The minimum absolute atomic E-state index is 0.369. The highest BCUT2D eigenvalue weighted by Gasteiger charge is 2.45. The third-order valence-electron chi connectivity index (χ3n) is 2.55. The molecule has 2 atom stereocenters. The molecule has 1 heterocycles. The standard InChI is InChI=1S/C11H23O5P/c1-4-13-11(14-5-2)17(12,16-6-3)10-8-7-9-15-10/h10-11H,4-9H2,1-3H3. The predicted molar refractivity (Wildman–Crippen MR) is 65.2 cm³/mol. The molecule has 0 aliphatic carbocycles. The lowest BCUT2D eigenvalue weighted by Gasteiger charge is -2.30. The van der Waals surface area contributed by atoms with Crippen LogP contribution < -0.4 is 0 Å². The molecular weight excluding hydrogens is 243 g/mol. The molecule has 0 amide bonds. The highest BCUT2D eigenvalue weighted by Crippen LogP contribution is 2.60. The predicted octanol–water partition coefficient (Wildman–Crippen LogP) is 2.79. The van der Waals surface area contributed by atoms with Crippen molar-refractivity contribution in [3.8, 4) is 0 Å². The van der Waals surface area contributed by atoms with Crippen molar-refractivity contribution in [2.24, 2.45) is 0 Å². The first-order valence-corrected chi connectivity index (χ1v) is 8.04. The minimum atomic E-state index is -3.08. The molecule has 5 nitrogen and oxygen atoms in total. The second kappa shape index (κ2) is 7.49. The molecule has 0 aromatic rings. The van der Waals surface area contributed by atoms with Gasteiger partial charge < -0.3 is 18.7 Å². The van der Waals surface area contributed by atoms with E-state index in [2.05, 4.69) is 0 Å². The molecule has 1 fully saturated rings. The Labute approximate surface area is 103 Å². The van der Waals surface area contributed by atoms with E-state index >= 15 is 0 Å². The molecule has 1 aliphatic rings. The zero-order valence-corrected chi connectivity index (χ0v) is 11.8. The van der Waals surface area contributed by atoms with Crippen LogP contribution in [0.3, 0.4) is 0 Å². The Morgan fingerprint density at radius 3 is 2.29 bits per heavy atom. The Balaban J connectivity index is 2.81. The van der Waals surface area contributed by atoms with E-state index in [0.29, 0.717) is 26.4 Å². The first-order chi connectivity index (χ1) is 8.19. The van der Waals surface area contributed by atoms with Crippen molar-refractivity contribution < 1.29 is 23.3 Å². The van der Waals surface area contributed by atoms with Crippen molar-refractivity contribution >= 4 is 7.37 Å². The van der Waals surface area contributed by atoms with Crippen LogP contribution in [0.1, 0.15) is 33.6 Å². The van der Waals surface area contributed by atoms with Gasteiger partial charge in [-0.1, -0.05) is 0 Å². The molecule has 0 N–H and O–H groups in total. The van der Waals surface area contributed by atoms with Gasteiger partial charge in [0.15, 0.2) is 0 Å². The molecule has 17 heavy (non-hydrogen) atoms. The zero-order valence-electron chi connectivity index (χ0n) is 10.9. The van der Waals surface area contributed by atoms with Gasteiger partial charge in [0.05, 0.1) is 6.61 Å². The third-order valence-corrected chi connectivity index (χ3v) is 5.31. The lowest BCUT2D eigenvalue weighted by molar-refractivity contribution is -0.0926. The fraction of sp³-hybridized carbons (Fsp3) is 1.00. The second-order valence-corrected chi connectivity index (χ2v) is 6.29. The van der Waals surface area contributed by atoms with Gasteiger partial charge >= 0.3 is 0 Å². The summed E-state index contributed by atoms with van der Waals surface area (Å²) >= 11 is 0. The lowest BCUT2D eigenvalue weighted by Crippen LogP contribution is -2.25. The molecule has 0 saturated carbocycles. The topological polar surface area (TPSA) is 54.0 Å². The quantitative estimate of drug-likeness (QED) is 0.499. The van der Waals surface area contributed by atoms with Gasteiger partial charge in [-0.3, -0.25) is 4.57 Å². The average molecular weight is 266 g/mol. The summed E-state index contributed by atoms with van der Waals surface area (Å²) in [5.74, 6) is -0.384. The summed E-state index contributed by atoms with van der Waals surface area (Å²) in [6.07, 6.45) is 1.65. The van der Waals surface area contributed by atoms with Gasteiger partial charge in [0.2, 0.25) is 6.03 Å². The average Bonchev–Trinajstić information content (AvgIpc) is 2.83. The van der Waals surface area contributed by atoms with Crippen LogP contribution >= 0.6 is 7.37 Å². The molecule has 0 spiro atoms. The van der Waals surface area contributed by atoms with Gasteiger partial charge in [0, 0.05) is 19.8 Å². The summed E-state index contributed by atoms with van der Waals surface area (Å²) in [6.45, 7) is 7.38. The van der Waals surface area contributed by atoms with E-state index in [4.69, 9.17) is 18.7 Å². The van der Waals surface area contributed by atoms with Gasteiger partial charge in [-0.15, -0.1) is 0 Å². The first kappa shape index (κ1) is 15.1. The smallest absolute Gasteiger partial charge is 0.285 e. The Morgan fingerprint density at radius 2 is 1.88 bits per heavy atom. The summed E-state index contributed by atoms with van der Waals surface area (Å²) in [5, 5.41) is 0. The van der Waals surface area contributed by atoms with Crippen molar-refractivity contribution in [1.82, 2.24) is 0 Å². The van der Waals surface area contributed by atoms with Gasteiger partial charge in [-0.2, -0.15) is 0 Å². The molecule has 2 unspecified atom stereocenters. The van der Waals surface area contributed by atoms with Crippen LogP contribution in [0.5, 0.6) is 0 Å². The van der Waals surface area contributed by atoms with Gasteiger partial charge in [-0.25, -0.2) is 0 Å². The Hall–Kier alpha value is 0.0700. The van der Waals surface area contributed by atoms with Crippen LogP contribution in [-0.2, 0) is 23.3 Å². The normalized spacial score (nSPS) is 24.1. The molecule has 1 aliphatic heterocycles. The molecule has 6 heteroatoms. The van der Waals surface area contributed by atoms with E-state index in [0.717, 1.165) is 12.8 Å². The summed E-state index contributed by atoms with van der Waals surface area (Å²) in [7, 11) is -3.08. The molecule has 102 valence electrons. The number of ether oxygens (including phenoxy) is 3. The van der Waals surface area contributed by atoms with Crippen LogP contribution in [0.15, 0.2) is 0 Å². The summed E-state index contributed by atoms with van der Waals surface area (Å²) in [5.41, 5.74) is 0. The van der Waals surface area contributed by atoms with Gasteiger partial charge in [-0.05, 0) is 33.6 Å². The van der Waals surface area contributed by atoms with Crippen LogP contribution in [0.4, 0.5) is 0 Å². The van der Waals surface area contributed by atoms with Crippen molar-refractivity contribution in [3.63, 3.8) is 0 Å². The van der Waals surface area contributed by atoms with Gasteiger partial charge in [0.1, 0.15) is 5.85 Å². The second-order valence-electron chi connectivity index (χ2n) is 3.75. The molecule has 0 aromatic heterocycles. The van der Waals surface area contributed by atoms with E-state index in [9.17, 15) is 4.57 Å². The largest absolute Gasteiger partial charge is 0.368 e. The number of rotatable bonds is 8. The maximum absolute atomic E-state index is 12.9. The fourth-order valence-corrected chi connectivity index (χ4v) is 4.40. The fourth-order valence-electron chi connectivity index (χ4n) is 1.87. The summed E-state index contributed by atoms with van der Waals surface area (Å²) in [6, 6.07) is -0.805. The summed E-state index contributed by atoms with van der Waals surface area (Å²) < 4.78 is 34.7. The maximum atomic E-state index is 12.9. The molecular formula is C11H23O5P. The molecule has 1 saturated heterocycles. The zero-order chi connectivity index (χ0) is 12.7. The highest BCUT2D eigenvalue weighted by atomic mass is 31.2. The van der Waals surface area contributed by atoms with E-state index in [1.54, 1.807) is 0 Å². The molecule has 0 aromatic carbocycles. The monoisotopic (exact) mass is 266 g/mol. The minimum Gasteiger partial charge on any atom is -0.368 e. The van der Waals surface area contributed by atoms with E-state index in [1.165, 1.54) is 0 Å². The van der Waals surface area contributed by atoms with Crippen molar-refractivity contribution in [3.05, 3.63) is 0 Å². The SMILES string of the molecule is CCOC(OCC)P(=O)(OCC)C1CCCO1. The third kappa shape index (κ3) is 3.76. The van der Waals surface area contributed by atoms with Crippen LogP contribution in [-0.4, -0.2) is 38.3 Å². The van der Waals surface area contributed by atoms with Crippen molar-refractivity contribution in [2.45, 2.75) is 45.5 Å². The van der Waals surface area contributed by atoms with Crippen molar-refractivity contribution in [2.75, 3.05) is 26.4 Å². The summed E-state index contributed by atoms with van der Waals surface area (Å²) in [4.78, 5) is 0. The number of hydrogen-bond acceptors (Lipinski definition) is 5. The van der Waals surface area contributed by atoms with E-state index < -0.39 is 13.4 Å². The van der Waals surface area contributed by atoms with Crippen LogP contribution in [0.25, 0.3) is 0 Å². The van der Waals surface area contributed by atoms with Crippen molar-refractivity contribution in [1.29, 1.82) is 0 Å². The molecule has 0 radical (unpaired) electrons. The lowest BCUT2D eigenvalue weighted by atomic mass is 10.4.